The fourth-order valence-corrected chi connectivity index (χ4v) is 7.76. The van der Waals surface area contributed by atoms with E-state index in [0.29, 0.717) is 31.0 Å². The molecule has 1 N–H and O–H groups in total. The number of ether oxygens (including phenoxy) is 2. The van der Waals surface area contributed by atoms with E-state index in [1.807, 2.05) is 52.0 Å². The van der Waals surface area contributed by atoms with Gasteiger partial charge in [0.25, 0.3) is 0 Å². The highest BCUT2D eigenvalue weighted by Gasteiger charge is 2.80. The van der Waals surface area contributed by atoms with Crippen molar-refractivity contribution in [1.29, 1.82) is 0 Å². The first-order chi connectivity index (χ1) is 20.5. The summed E-state index contributed by atoms with van der Waals surface area (Å²) in [5.74, 6) is -1.89. The number of aliphatic hydroxyl groups is 1. The third-order valence-electron chi connectivity index (χ3n) is 9.88. The smallest absolute Gasteiger partial charge is 0.248 e. The first-order valence-electron chi connectivity index (χ1n) is 15.7. The lowest BCUT2D eigenvalue weighted by Gasteiger charge is -2.40. The predicted octanol–water partition coefficient (Wildman–Crippen LogP) is 4.20. The second kappa shape index (κ2) is 12.8. The van der Waals surface area contributed by atoms with Crippen LogP contribution in [0.3, 0.4) is 0 Å². The highest BCUT2D eigenvalue weighted by atomic mass is 16.5. The number of benzene rings is 1. The maximum absolute atomic E-state index is 14.7. The molecule has 9 heteroatoms. The van der Waals surface area contributed by atoms with Gasteiger partial charge in [0.2, 0.25) is 17.7 Å². The Morgan fingerprint density at radius 1 is 1.16 bits per heavy atom. The van der Waals surface area contributed by atoms with Crippen molar-refractivity contribution in [2.75, 3.05) is 31.2 Å². The molecule has 1 aromatic rings. The number of nitrogens with zero attached hydrogens (tertiary/aromatic N) is 3. The lowest BCUT2D eigenvalue weighted by atomic mass is 9.62. The number of carbonyl (C=O) groups is 3. The van der Waals surface area contributed by atoms with E-state index >= 15 is 0 Å². The molecule has 0 saturated carbocycles. The van der Waals surface area contributed by atoms with Crippen LogP contribution in [0, 0.1) is 17.8 Å². The lowest BCUT2D eigenvalue weighted by Crippen LogP contribution is -2.59. The number of fused-ring (bicyclic) bond motifs is 1. The molecule has 3 amide bonds. The number of likely N-dealkylation sites (tertiary alicyclic amines) is 1. The van der Waals surface area contributed by atoms with E-state index in [4.69, 9.17) is 9.47 Å². The zero-order valence-corrected chi connectivity index (χ0v) is 26.6. The third kappa shape index (κ3) is 5.29. The van der Waals surface area contributed by atoms with Crippen LogP contribution in [0.15, 0.2) is 49.6 Å². The monoisotopic (exact) mass is 595 g/mol. The normalized spacial score (nSPS) is 30.5. The van der Waals surface area contributed by atoms with E-state index in [1.54, 1.807) is 28.9 Å². The molecule has 3 aliphatic heterocycles. The number of aliphatic hydroxyl groups excluding tert-OH is 1. The maximum Gasteiger partial charge on any atom is 0.248 e. The van der Waals surface area contributed by atoms with Crippen molar-refractivity contribution in [3.8, 4) is 5.75 Å². The van der Waals surface area contributed by atoms with Crippen molar-refractivity contribution in [2.24, 2.45) is 17.8 Å². The van der Waals surface area contributed by atoms with Crippen molar-refractivity contribution < 1.29 is 29.0 Å². The van der Waals surface area contributed by atoms with Crippen LogP contribution in [-0.4, -0.2) is 88.3 Å². The number of rotatable bonds is 14. The number of carbonyl (C=O) groups excluding carboxylic acids is 3. The van der Waals surface area contributed by atoms with Crippen LogP contribution < -0.4 is 9.64 Å². The second-order valence-corrected chi connectivity index (χ2v) is 12.6. The molecule has 0 aromatic heterocycles. The van der Waals surface area contributed by atoms with Gasteiger partial charge in [-0.2, -0.15) is 0 Å². The van der Waals surface area contributed by atoms with E-state index in [1.165, 1.54) is 4.90 Å². The van der Waals surface area contributed by atoms with E-state index < -0.39 is 35.1 Å². The number of hydrogen-bond acceptors (Lipinski definition) is 6. The number of hydrogen-bond donors (Lipinski definition) is 1. The maximum atomic E-state index is 14.7. The van der Waals surface area contributed by atoms with Gasteiger partial charge in [0.1, 0.15) is 17.4 Å². The van der Waals surface area contributed by atoms with Gasteiger partial charge in [-0.1, -0.05) is 32.4 Å². The minimum Gasteiger partial charge on any atom is -0.494 e. The summed E-state index contributed by atoms with van der Waals surface area (Å²) in [6.07, 6.45) is 5.51. The Labute approximate surface area is 256 Å². The minimum absolute atomic E-state index is 0.0841. The molecule has 9 nitrogen and oxygen atoms in total. The molecular weight excluding hydrogens is 546 g/mol. The molecule has 0 radical (unpaired) electrons. The molecule has 236 valence electrons. The average Bonchev–Trinajstić information content (AvgIpc) is 3.50. The van der Waals surface area contributed by atoms with Crippen LogP contribution in [0.4, 0.5) is 5.69 Å². The predicted molar refractivity (Wildman–Crippen MR) is 167 cm³/mol. The molecule has 3 aliphatic rings. The van der Waals surface area contributed by atoms with Crippen LogP contribution in [0.5, 0.6) is 5.75 Å². The first-order valence-corrected chi connectivity index (χ1v) is 15.7. The molecule has 1 spiro atoms. The van der Waals surface area contributed by atoms with Crippen LogP contribution in [-0.2, 0) is 19.1 Å². The minimum atomic E-state index is -1.20. The Morgan fingerprint density at radius 3 is 2.37 bits per heavy atom. The van der Waals surface area contributed by atoms with E-state index in [0.717, 1.165) is 12.8 Å². The molecule has 3 heterocycles. The lowest BCUT2D eigenvalue weighted by molar-refractivity contribution is -0.156. The molecule has 3 fully saturated rings. The van der Waals surface area contributed by atoms with Gasteiger partial charge in [0.05, 0.1) is 36.7 Å². The van der Waals surface area contributed by atoms with E-state index in [-0.39, 0.29) is 42.8 Å². The van der Waals surface area contributed by atoms with Crippen molar-refractivity contribution in [1.82, 2.24) is 9.80 Å². The zero-order valence-electron chi connectivity index (χ0n) is 26.6. The van der Waals surface area contributed by atoms with Gasteiger partial charge in [-0.15, -0.1) is 13.2 Å². The van der Waals surface area contributed by atoms with Crippen molar-refractivity contribution in [3.63, 3.8) is 0 Å². The van der Waals surface area contributed by atoms with Crippen molar-refractivity contribution >= 4 is 23.4 Å². The van der Waals surface area contributed by atoms with Gasteiger partial charge >= 0.3 is 0 Å². The molecule has 43 heavy (non-hydrogen) atoms. The van der Waals surface area contributed by atoms with Crippen molar-refractivity contribution in [3.05, 3.63) is 49.6 Å². The molecule has 1 aromatic carbocycles. The summed E-state index contributed by atoms with van der Waals surface area (Å²) < 4.78 is 12.5. The summed E-state index contributed by atoms with van der Waals surface area (Å²) in [6, 6.07) is 5.60. The van der Waals surface area contributed by atoms with Crippen LogP contribution >= 0.6 is 0 Å². The van der Waals surface area contributed by atoms with Crippen LogP contribution in [0.2, 0.25) is 0 Å². The largest absolute Gasteiger partial charge is 0.494 e. The Kier molecular flexibility index (Phi) is 9.76. The molecule has 4 rings (SSSR count). The van der Waals surface area contributed by atoms with E-state index in [9.17, 15) is 19.5 Å². The first kappa shape index (κ1) is 32.7. The van der Waals surface area contributed by atoms with E-state index in [2.05, 4.69) is 20.1 Å². The SMILES string of the molecule is C=CCN(C(=O)[C@@H]1[C@H]2C(=O)N([C@H](C)CO)C(C(=O)N(CC=C)C(C)CCC)C23CC(C)[C@@]1(C)O3)c1ccc(OCC)cc1. The van der Waals surface area contributed by atoms with Gasteiger partial charge in [-0.05, 0) is 70.7 Å². The third-order valence-corrected chi connectivity index (χ3v) is 9.88. The van der Waals surface area contributed by atoms with Gasteiger partial charge in [0, 0.05) is 24.8 Å². The number of anilines is 1. The van der Waals surface area contributed by atoms with Gasteiger partial charge in [-0.3, -0.25) is 14.4 Å². The van der Waals surface area contributed by atoms with Crippen LogP contribution in [0.25, 0.3) is 0 Å². The second-order valence-electron chi connectivity index (χ2n) is 12.6. The fraction of sp³-hybridized carbons (Fsp3) is 0.618. The summed E-state index contributed by atoms with van der Waals surface area (Å²) in [6.45, 7) is 20.2. The van der Waals surface area contributed by atoms with Crippen molar-refractivity contribution in [2.45, 2.75) is 90.1 Å². The average molecular weight is 596 g/mol. The molecular formula is C34H49N3O6. The Balaban J connectivity index is 1.82. The van der Waals surface area contributed by atoms with Crippen LogP contribution in [0.1, 0.15) is 60.8 Å². The Bertz CT molecular complexity index is 1220. The summed E-state index contributed by atoms with van der Waals surface area (Å²) in [5.41, 5.74) is -1.51. The standard InChI is InChI=1S/C34H49N3O6/c1-9-13-23(6)35(18-10-2)32(41)29-34-20-22(5)33(8,43-34)27(28(34)31(40)37(29)24(7)21-38)30(39)36(19-11-3)25-14-16-26(17-15-25)42-12-4/h10-11,14-17,22-24,27-29,38H,2-3,9,12-13,18-21H2,1,4-8H3/t22?,23?,24-,27+,28+,29?,33-,34?/m1/s1. The molecule has 3 saturated heterocycles. The fourth-order valence-electron chi connectivity index (χ4n) is 7.76. The number of amides is 3. The molecule has 8 atom stereocenters. The zero-order chi connectivity index (χ0) is 31.7. The van der Waals surface area contributed by atoms with Gasteiger partial charge < -0.3 is 29.3 Å². The highest BCUT2D eigenvalue weighted by Crippen LogP contribution is 2.66. The highest BCUT2D eigenvalue weighted by molar-refractivity contribution is 6.03. The van der Waals surface area contributed by atoms with Gasteiger partial charge in [0.15, 0.2) is 0 Å². The molecule has 0 aliphatic carbocycles. The molecule has 2 bridgehead atoms. The quantitative estimate of drug-likeness (QED) is 0.324. The Hall–Kier alpha value is -3.17. The molecule has 4 unspecified atom stereocenters. The summed E-state index contributed by atoms with van der Waals surface area (Å²) in [5, 5.41) is 10.3. The summed E-state index contributed by atoms with van der Waals surface area (Å²) >= 11 is 0. The summed E-state index contributed by atoms with van der Waals surface area (Å²) in [7, 11) is 0. The topological polar surface area (TPSA) is 99.6 Å². The summed E-state index contributed by atoms with van der Waals surface area (Å²) in [4.78, 5) is 48.7. The van der Waals surface area contributed by atoms with Gasteiger partial charge in [-0.25, -0.2) is 0 Å². The Morgan fingerprint density at radius 2 is 1.81 bits per heavy atom.